The Bertz CT molecular complexity index is 596. The number of carbonyl (C=O) groups is 1. The lowest BCUT2D eigenvalue weighted by Gasteiger charge is -2.38. The van der Waals surface area contributed by atoms with E-state index in [2.05, 4.69) is 20.8 Å². The molecule has 0 amide bonds. The minimum atomic E-state index is -0.517. The monoisotopic (exact) mass is 394 g/mol. The molecule has 2 heterocycles. The van der Waals surface area contributed by atoms with Crippen molar-refractivity contribution in [2.45, 2.75) is 104 Å². The summed E-state index contributed by atoms with van der Waals surface area (Å²) in [5.74, 6) is 0.970. The predicted molar refractivity (Wildman–Crippen MR) is 106 cm³/mol. The Hall–Kier alpha value is -0.490. The average Bonchev–Trinajstić information content (AvgIpc) is 3.34. The molecule has 4 fully saturated rings. The van der Waals surface area contributed by atoms with Crippen molar-refractivity contribution >= 4 is 5.78 Å². The molecule has 0 unspecified atom stereocenters. The first-order chi connectivity index (χ1) is 13.2. The van der Waals surface area contributed by atoms with Gasteiger partial charge in [0.05, 0.1) is 19.3 Å². The van der Waals surface area contributed by atoms with Gasteiger partial charge in [-0.2, -0.15) is 0 Å². The third-order valence-electron chi connectivity index (χ3n) is 8.67. The van der Waals surface area contributed by atoms with Crippen LogP contribution in [-0.4, -0.2) is 43.3 Å². The molecule has 4 aliphatic rings. The molecule has 0 aromatic rings. The van der Waals surface area contributed by atoms with Gasteiger partial charge >= 0.3 is 0 Å². The van der Waals surface area contributed by atoms with Gasteiger partial charge in [-0.05, 0) is 55.3 Å². The lowest BCUT2D eigenvalue weighted by molar-refractivity contribution is -0.190. The summed E-state index contributed by atoms with van der Waals surface area (Å²) in [5, 5.41) is 0. The Morgan fingerprint density at radius 3 is 2.54 bits per heavy atom. The Balaban J connectivity index is 1.28. The molecule has 2 aliphatic heterocycles. The fraction of sp³-hybridized carbons (Fsp3) is 0.957. The highest BCUT2D eigenvalue weighted by molar-refractivity contribution is 5.83. The minimum absolute atomic E-state index is 0.180. The summed E-state index contributed by atoms with van der Waals surface area (Å²) >= 11 is 0. The molecular weight excluding hydrogens is 356 g/mol. The van der Waals surface area contributed by atoms with Crippen LogP contribution in [0.1, 0.15) is 79.6 Å². The minimum Gasteiger partial charge on any atom is -0.349 e. The average molecular weight is 395 g/mol. The summed E-state index contributed by atoms with van der Waals surface area (Å²) in [7, 11) is 0. The Morgan fingerprint density at radius 2 is 1.89 bits per heavy atom. The molecule has 4 rings (SSSR count). The summed E-state index contributed by atoms with van der Waals surface area (Å²) in [6, 6.07) is 0. The number of ether oxygens (including phenoxy) is 4. The molecular formula is C23H38O5. The second kappa shape index (κ2) is 7.33. The standard InChI is InChI=1S/C23H38O5/c1-6-18(17(24)8-7-10-23(5)25-12-13-26-23)27-19-14-15-16-9-11-22(4,20(15)28-19)21(16,2)3/h15-16,18-20H,6-14H2,1-5H3/t15-,16+,18-,19-,20-,22-/m0/s1. The van der Waals surface area contributed by atoms with Crippen molar-refractivity contribution in [3.8, 4) is 0 Å². The van der Waals surface area contributed by atoms with Crippen molar-refractivity contribution in [2.75, 3.05) is 13.2 Å². The quantitative estimate of drug-likeness (QED) is 0.608. The fourth-order valence-electron chi connectivity index (χ4n) is 6.60. The van der Waals surface area contributed by atoms with Crippen LogP contribution in [0.5, 0.6) is 0 Å². The van der Waals surface area contributed by atoms with Gasteiger partial charge in [0, 0.05) is 19.3 Å². The summed E-state index contributed by atoms with van der Waals surface area (Å²) in [6.07, 6.45) is 5.91. The topological polar surface area (TPSA) is 54.0 Å². The number of fused-ring (bicyclic) bond motifs is 5. The second-order valence-electron chi connectivity index (χ2n) is 10.4. The number of hydrogen-bond donors (Lipinski definition) is 0. The van der Waals surface area contributed by atoms with Crippen LogP contribution in [0.15, 0.2) is 0 Å². The number of ketones is 1. The van der Waals surface area contributed by atoms with Crippen molar-refractivity contribution in [3.63, 3.8) is 0 Å². The Morgan fingerprint density at radius 1 is 1.18 bits per heavy atom. The maximum Gasteiger partial charge on any atom is 0.165 e. The van der Waals surface area contributed by atoms with E-state index in [1.54, 1.807) is 0 Å². The lowest BCUT2D eigenvalue weighted by Crippen LogP contribution is -2.38. The first kappa shape index (κ1) is 20.8. The Labute approximate surface area is 169 Å². The van der Waals surface area contributed by atoms with E-state index in [4.69, 9.17) is 18.9 Å². The zero-order valence-corrected chi connectivity index (χ0v) is 18.3. The van der Waals surface area contributed by atoms with Crippen LogP contribution in [0.3, 0.4) is 0 Å². The normalized spacial score (nSPS) is 41.3. The second-order valence-corrected chi connectivity index (χ2v) is 10.4. The third-order valence-corrected chi connectivity index (χ3v) is 8.67. The van der Waals surface area contributed by atoms with Gasteiger partial charge < -0.3 is 18.9 Å². The van der Waals surface area contributed by atoms with Gasteiger partial charge in [0.2, 0.25) is 0 Å². The van der Waals surface area contributed by atoms with Gasteiger partial charge in [-0.15, -0.1) is 0 Å². The molecule has 160 valence electrons. The van der Waals surface area contributed by atoms with Crippen LogP contribution in [0.25, 0.3) is 0 Å². The van der Waals surface area contributed by atoms with Crippen molar-refractivity contribution in [2.24, 2.45) is 22.7 Å². The van der Waals surface area contributed by atoms with E-state index in [1.807, 2.05) is 13.8 Å². The van der Waals surface area contributed by atoms with Crippen LogP contribution in [-0.2, 0) is 23.7 Å². The molecule has 0 radical (unpaired) electrons. The van der Waals surface area contributed by atoms with E-state index >= 15 is 0 Å². The van der Waals surface area contributed by atoms with E-state index in [-0.39, 0.29) is 29.7 Å². The highest BCUT2D eigenvalue weighted by Gasteiger charge is 2.69. The molecule has 6 atom stereocenters. The molecule has 2 saturated heterocycles. The smallest absolute Gasteiger partial charge is 0.165 e. The zero-order valence-electron chi connectivity index (χ0n) is 18.3. The largest absolute Gasteiger partial charge is 0.349 e. The van der Waals surface area contributed by atoms with Gasteiger partial charge in [-0.1, -0.05) is 27.7 Å². The number of rotatable bonds is 8. The van der Waals surface area contributed by atoms with Crippen LogP contribution in [0.4, 0.5) is 0 Å². The summed E-state index contributed by atoms with van der Waals surface area (Å²) in [5.41, 5.74) is 0.580. The van der Waals surface area contributed by atoms with Gasteiger partial charge in [-0.25, -0.2) is 0 Å². The van der Waals surface area contributed by atoms with E-state index < -0.39 is 5.79 Å². The van der Waals surface area contributed by atoms with Gasteiger partial charge in [-0.3, -0.25) is 4.79 Å². The fourth-order valence-corrected chi connectivity index (χ4v) is 6.60. The molecule has 28 heavy (non-hydrogen) atoms. The molecule has 2 aliphatic carbocycles. The van der Waals surface area contributed by atoms with Gasteiger partial charge in [0.1, 0.15) is 6.10 Å². The van der Waals surface area contributed by atoms with Crippen molar-refractivity contribution in [1.29, 1.82) is 0 Å². The maximum absolute atomic E-state index is 12.7. The van der Waals surface area contributed by atoms with E-state index in [0.29, 0.717) is 37.4 Å². The van der Waals surface area contributed by atoms with Gasteiger partial charge in [0.15, 0.2) is 17.9 Å². The molecule has 5 heteroatoms. The summed E-state index contributed by atoms with van der Waals surface area (Å²) in [4.78, 5) is 12.7. The maximum atomic E-state index is 12.7. The highest BCUT2D eigenvalue weighted by Crippen LogP contribution is 2.71. The Kier molecular flexibility index (Phi) is 5.44. The van der Waals surface area contributed by atoms with Crippen molar-refractivity contribution < 1.29 is 23.7 Å². The molecule has 2 bridgehead atoms. The number of hydrogen-bond acceptors (Lipinski definition) is 5. The van der Waals surface area contributed by atoms with E-state index in [1.165, 1.54) is 12.8 Å². The van der Waals surface area contributed by atoms with Crippen molar-refractivity contribution in [3.05, 3.63) is 0 Å². The van der Waals surface area contributed by atoms with Crippen molar-refractivity contribution in [1.82, 2.24) is 0 Å². The molecule has 0 N–H and O–H groups in total. The molecule has 0 aromatic heterocycles. The molecule has 0 aromatic carbocycles. The third kappa shape index (κ3) is 3.27. The first-order valence-corrected chi connectivity index (χ1v) is 11.3. The zero-order chi connectivity index (χ0) is 20.2. The van der Waals surface area contributed by atoms with Crippen LogP contribution >= 0.6 is 0 Å². The lowest BCUT2D eigenvalue weighted by atomic mass is 9.70. The molecule has 5 nitrogen and oxygen atoms in total. The van der Waals surface area contributed by atoms with E-state index in [0.717, 1.165) is 25.2 Å². The van der Waals surface area contributed by atoms with Crippen LogP contribution < -0.4 is 0 Å². The SMILES string of the molecule is CC[C@H](O[C@@H]1C[C@H]2[C@H]3CC[C@@](C)([C@H]2O1)C3(C)C)C(=O)CCCC1(C)OCCO1. The highest BCUT2D eigenvalue weighted by atomic mass is 16.7. The van der Waals surface area contributed by atoms with E-state index in [9.17, 15) is 4.79 Å². The first-order valence-electron chi connectivity index (χ1n) is 11.3. The summed E-state index contributed by atoms with van der Waals surface area (Å²) < 4.78 is 23.9. The molecule has 2 saturated carbocycles. The predicted octanol–water partition coefficient (Wildman–Crippen LogP) is 4.47. The van der Waals surface area contributed by atoms with Gasteiger partial charge in [0.25, 0.3) is 0 Å². The molecule has 0 spiro atoms. The number of carbonyl (C=O) groups excluding carboxylic acids is 1. The summed E-state index contributed by atoms with van der Waals surface area (Å²) in [6.45, 7) is 12.5. The van der Waals surface area contributed by atoms with Crippen LogP contribution in [0, 0.1) is 22.7 Å². The van der Waals surface area contributed by atoms with Crippen LogP contribution in [0.2, 0.25) is 0 Å². The number of Topliss-reactive ketones (excluding diaryl/α,β-unsaturated/α-hetero) is 1.